The van der Waals surface area contributed by atoms with Crippen molar-refractivity contribution in [1.82, 2.24) is 15.1 Å². The normalized spacial score (nSPS) is 15.8. The molecule has 0 atom stereocenters. The third kappa shape index (κ3) is 3.59. The van der Waals surface area contributed by atoms with Gasteiger partial charge in [-0.2, -0.15) is 0 Å². The van der Waals surface area contributed by atoms with Gasteiger partial charge in [0.25, 0.3) is 5.91 Å². The van der Waals surface area contributed by atoms with Crippen molar-refractivity contribution < 1.29 is 14.2 Å². The number of hydrogen-bond donors (Lipinski definition) is 2. The van der Waals surface area contributed by atoms with Crippen molar-refractivity contribution in [2.45, 2.75) is 6.92 Å². The van der Waals surface area contributed by atoms with E-state index in [9.17, 15) is 4.79 Å². The summed E-state index contributed by atoms with van der Waals surface area (Å²) in [4.78, 5) is 23.9. The van der Waals surface area contributed by atoms with Gasteiger partial charge in [-0.15, -0.1) is 0 Å². The van der Waals surface area contributed by atoms with Gasteiger partial charge in [0.1, 0.15) is 5.76 Å². The van der Waals surface area contributed by atoms with Crippen molar-refractivity contribution in [2.24, 2.45) is 0 Å². The summed E-state index contributed by atoms with van der Waals surface area (Å²) in [5.74, 6) is 1.86. The smallest absolute Gasteiger partial charge is 0.280 e. The van der Waals surface area contributed by atoms with Crippen molar-refractivity contribution >= 4 is 17.7 Å². The lowest BCUT2D eigenvalue weighted by molar-refractivity contribution is -0.892. The van der Waals surface area contributed by atoms with E-state index < -0.39 is 0 Å². The molecule has 116 valence electrons. The van der Waals surface area contributed by atoms with Crippen LogP contribution in [-0.4, -0.2) is 53.8 Å². The average molecular weight is 303 g/mol. The van der Waals surface area contributed by atoms with Gasteiger partial charge in [0.15, 0.2) is 12.4 Å². The van der Waals surface area contributed by atoms with Crippen molar-refractivity contribution in [3.8, 4) is 0 Å². The van der Waals surface area contributed by atoms with Crippen molar-refractivity contribution in [3.05, 3.63) is 30.3 Å². The van der Waals surface area contributed by atoms with E-state index in [1.54, 1.807) is 31.5 Å². The van der Waals surface area contributed by atoms with Crippen LogP contribution in [0.15, 0.2) is 29.0 Å². The quantitative estimate of drug-likeness (QED) is 0.762. The number of aromatic nitrogens is 3. The van der Waals surface area contributed by atoms with Crippen LogP contribution in [0.2, 0.25) is 0 Å². The second-order valence-electron chi connectivity index (χ2n) is 5.33. The number of carbonyl (C=O) groups is 1. The lowest BCUT2D eigenvalue weighted by Gasteiger charge is -2.31. The van der Waals surface area contributed by atoms with Gasteiger partial charge in [-0.3, -0.25) is 4.79 Å². The van der Waals surface area contributed by atoms with Crippen LogP contribution in [0.5, 0.6) is 0 Å². The van der Waals surface area contributed by atoms with Crippen LogP contribution in [0.3, 0.4) is 0 Å². The predicted molar refractivity (Wildman–Crippen MR) is 79.7 cm³/mol. The highest BCUT2D eigenvalue weighted by molar-refractivity contribution is 5.90. The SMILES string of the molecule is Cc1cc(NC(=O)C[NH+]2CCN(c3ncccn3)CC2)no1. The van der Waals surface area contributed by atoms with Gasteiger partial charge < -0.3 is 19.6 Å². The fourth-order valence-electron chi connectivity index (χ4n) is 2.49. The molecule has 1 saturated heterocycles. The molecule has 2 aromatic heterocycles. The lowest BCUT2D eigenvalue weighted by atomic mass is 10.3. The molecule has 3 heterocycles. The highest BCUT2D eigenvalue weighted by atomic mass is 16.5. The number of amides is 1. The first-order chi connectivity index (χ1) is 10.7. The Morgan fingerprint density at radius 1 is 1.36 bits per heavy atom. The van der Waals surface area contributed by atoms with Crippen molar-refractivity contribution in [3.63, 3.8) is 0 Å². The molecule has 0 aliphatic carbocycles. The molecule has 8 heteroatoms. The first kappa shape index (κ1) is 14.5. The zero-order valence-electron chi connectivity index (χ0n) is 12.5. The summed E-state index contributed by atoms with van der Waals surface area (Å²) in [5, 5.41) is 6.51. The van der Waals surface area contributed by atoms with Gasteiger partial charge in [-0.1, -0.05) is 5.16 Å². The van der Waals surface area contributed by atoms with Gasteiger partial charge in [0.2, 0.25) is 5.95 Å². The number of nitrogens with one attached hydrogen (secondary N) is 2. The Morgan fingerprint density at radius 3 is 2.73 bits per heavy atom. The van der Waals surface area contributed by atoms with E-state index in [-0.39, 0.29) is 5.91 Å². The van der Waals surface area contributed by atoms with Crippen molar-refractivity contribution in [2.75, 3.05) is 42.9 Å². The number of nitrogens with zero attached hydrogens (tertiary/aromatic N) is 4. The Hall–Kier alpha value is -2.48. The van der Waals surface area contributed by atoms with Gasteiger partial charge >= 0.3 is 0 Å². The molecular weight excluding hydrogens is 284 g/mol. The third-order valence-electron chi connectivity index (χ3n) is 3.61. The molecule has 1 fully saturated rings. The first-order valence-electron chi connectivity index (χ1n) is 7.29. The minimum absolute atomic E-state index is 0.0484. The number of aryl methyl sites for hydroxylation is 1. The fourth-order valence-corrected chi connectivity index (χ4v) is 2.49. The van der Waals surface area contributed by atoms with E-state index in [0.717, 1.165) is 32.1 Å². The van der Waals surface area contributed by atoms with Crippen molar-refractivity contribution in [1.29, 1.82) is 0 Å². The van der Waals surface area contributed by atoms with E-state index in [4.69, 9.17) is 4.52 Å². The van der Waals surface area contributed by atoms with Crippen LogP contribution >= 0.6 is 0 Å². The molecule has 8 nitrogen and oxygen atoms in total. The Kier molecular flexibility index (Phi) is 4.29. The molecule has 1 aliphatic heterocycles. The van der Waals surface area contributed by atoms with Gasteiger partial charge in [0, 0.05) is 18.5 Å². The van der Waals surface area contributed by atoms with Gasteiger partial charge in [-0.25, -0.2) is 9.97 Å². The van der Waals surface area contributed by atoms with Crippen LogP contribution in [0.4, 0.5) is 11.8 Å². The number of rotatable bonds is 4. The molecule has 3 rings (SSSR count). The van der Waals surface area contributed by atoms with E-state index in [0.29, 0.717) is 18.1 Å². The highest BCUT2D eigenvalue weighted by Gasteiger charge is 2.23. The molecule has 0 bridgehead atoms. The largest absolute Gasteiger partial charge is 0.360 e. The molecule has 0 radical (unpaired) electrons. The monoisotopic (exact) mass is 303 g/mol. The van der Waals surface area contributed by atoms with E-state index in [2.05, 4.69) is 25.3 Å². The maximum absolute atomic E-state index is 12.0. The molecular formula is C14H19N6O2+. The topological polar surface area (TPSA) is 88.6 Å². The number of piperazine rings is 1. The van der Waals surface area contributed by atoms with E-state index in [1.807, 2.05) is 0 Å². The summed E-state index contributed by atoms with van der Waals surface area (Å²) in [7, 11) is 0. The molecule has 0 unspecified atom stereocenters. The zero-order chi connectivity index (χ0) is 15.4. The summed E-state index contributed by atoms with van der Waals surface area (Å²) >= 11 is 0. The molecule has 0 aromatic carbocycles. The summed E-state index contributed by atoms with van der Waals surface area (Å²) in [5.41, 5.74) is 0. The molecule has 0 saturated carbocycles. The maximum Gasteiger partial charge on any atom is 0.280 e. The average Bonchev–Trinajstić information content (AvgIpc) is 2.94. The van der Waals surface area contributed by atoms with E-state index >= 15 is 0 Å². The number of hydrogen-bond acceptors (Lipinski definition) is 6. The number of anilines is 2. The summed E-state index contributed by atoms with van der Waals surface area (Å²) in [6.45, 7) is 5.66. The standard InChI is InChI=1S/C14H18N6O2/c1-11-9-12(18-22-11)17-13(21)10-19-5-7-20(8-6-19)14-15-3-2-4-16-14/h2-4,9H,5-8,10H2,1H3,(H,17,18,21)/p+1. The maximum atomic E-state index is 12.0. The minimum atomic E-state index is -0.0484. The molecule has 1 aliphatic rings. The first-order valence-corrected chi connectivity index (χ1v) is 7.29. The number of carbonyl (C=O) groups excluding carboxylic acids is 1. The van der Waals surface area contributed by atoms with Gasteiger partial charge in [-0.05, 0) is 13.0 Å². The fraction of sp³-hybridized carbons (Fsp3) is 0.429. The van der Waals surface area contributed by atoms with Crippen LogP contribution in [0.1, 0.15) is 5.76 Å². The second-order valence-corrected chi connectivity index (χ2v) is 5.33. The molecule has 0 spiro atoms. The van der Waals surface area contributed by atoms with Gasteiger partial charge in [0.05, 0.1) is 26.2 Å². The molecule has 22 heavy (non-hydrogen) atoms. The molecule has 1 amide bonds. The summed E-state index contributed by atoms with van der Waals surface area (Å²) in [6, 6.07) is 3.51. The second kappa shape index (κ2) is 6.52. The highest BCUT2D eigenvalue weighted by Crippen LogP contribution is 2.06. The molecule has 2 aromatic rings. The van der Waals surface area contributed by atoms with Crippen LogP contribution in [0, 0.1) is 6.92 Å². The predicted octanol–water partition coefficient (Wildman–Crippen LogP) is -0.883. The zero-order valence-corrected chi connectivity index (χ0v) is 12.5. The van der Waals surface area contributed by atoms with E-state index in [1.165, 1.54) is 4.90 Å². The minimum Gasteiger partial charge on any atom is -0.360 e. The Labute approximate surface area is 128 Å². The summed E-state index contributed by atoms with van der Waals surface area (Å²) < 4.78 is 4.93. The molecule has 2 N–H and O–H groups in total. The summed E-state index contributed by atoms with van der Waals surface area (Å²) in [6.07, 6.45) is 3.49. The Bertz CT molecular complexity index is 621. The van der Waals surface area contributed by atoms with Crippen LogP contribution < -0.4 is 15.1 Å². The Morgan fingerprint density at radius 2 is 2.09 bits per heavy atom. The van der Waals surface area contributed by atoms with Crippen LogP contribution in [0.25, 0.3) is 0 Å². The Balaban J connectivity index is 1.46. The van der Waals surface area contributed by atoms with Crippen LogP contribution in [-0.2, 0) is 4.79 Å². The third-order valence-corrected chi connectivity index (χ3v) is 3.61. The number of quaternary nitrogens is 1. The lowest BCUT2D eigenvalue weighted by Crippen LogP contribution is -3.15.